The summed E-state index contributed by atoms with van der Waals surface area (Å²) >= 11 is 1.23. The van der Waals surface area contributed by atoms with Crippen molar-refractivity contribution in [2.45, 2.75) is 83.4 Å². The molecule has 1 aliphatic heterocycles. The molecule has 9 nitrogen and oxygen atoms in total. The molecule has 0 saturated carbocycles. The van der Waals surface area contributed by atoms with Crippen molar-refractivity contribution in [1.82, 2.24) is 15.2 Å². The fraction of sp³-hybridized carbons (Fsp3) is 0.655. The quantitative estimate of drug-likeness (QED) is 0.143. The Hall–Kier alpha value is -2.43. The lowest BCUT2D eigenvalue weighted by atomic mass is 9.88. The van der Waals surface area contributed by atoms with Gasteiger partial charge in [0.2, 0.25) is 16.8 Å². The Morgan fingerprint density at radius 1 is 1.08 bits per heavy atom. The minimum atomic E-state index is -0.233. The van der Waals surface area contributed by atoms with Crippen molar-refractivity contribution in [2.75, 3.05) is 44.2 Å². The van der Waals surface area contributed by atoms with Crippen LogP contribution in [-0.4, -0.2) is 70.9 Å². The SMILES string of the molecule is CC(C)(C)Cc1c([SH+]C(C)(C)C)[nH]c2c(N3CCN(C(=O)CCCCCNC(=O)CON)CC3)c(O)ccc12. The number of benzene rings is 1. The van der Waals surface area contributed by atoms with Gasteiger partial charge in [-0.1, -0.05) is 27.2 Å². The third-order valence-electron chi connectivity index (χ3n) is 6.72. The van der Waals surface area contributed by atoms with Crippen LogP contribution in [0.4, 0.5) is 5.69 Å². The van der Waals surface area contributed by atoms with Crippen LogP contribution in [0, 0.1) is 5.41 Å². The van der Waals surface area contributed by atoms with Gasteiger partial charge in [0.1, 0.15) is 22.8 Å². The highest BCUT2D eigenvalue weighted by Gasteiger charge is 2.32. The molecule has 0 atom stereocenters. The number of H-pyrrole nitrogens is 1. The number of phenols is 1. The second-order valence-corrected chi connectivity index (χ2v) is 14.7. The van der Waals surface area contributed by atoms with E-state index in [1.165, 1.54) is 27.7 Å². The zero-order chi connectivity index (χ0) is 28.8. The van der Waals surface area contributed by atoms with Crippen molar-refractivity contribution < 1.29 is 19.5 Å². The number of carbonyl (C=O) groups is 2. The van der Waals surface area contributed by atoms with Crippen molar-refractivity contribution in [1.29, 1.82) is 0 Å². The zero-order valence-corrected chi connectivity index (χ0v) is 25.4. The summed E-state index contributed by atoms with van der Waals surface area (Å²) in [4.78, 5) is 36.3. The van der Waals surface area contributed by atoms with Crippen LogP contribution in [-0.2, 0) is 32.6 Å². The maximum absolute atomic E-state index is 12.8. The number of piperazine rings is 1. The van der Waals surface area contributed by atoms with Gasteiger partial charge in [0.25, 0.3) is 0 Å². The number of unbranched alkanes of at least 4 members (excludes halogenated alkanes) is 2. The maximum Gasteiger partial charge on any atom is 0.248 e. The number of anilines is 1. The number of aromatic nitrogens is 1. The molecule has 3 rings (SSSR count). The van der Waals surface area contributed by atoms with Gasteiger partial charge in [-0.25, -0.2) is 5.90 Å². The van der Waals surface area contributed by atoms with E-state index < -0.39 is 0 Å². The van der Waals surface area contributed by atoms with Crippen molar-refractivity contribution in [3.63, 3.8) is 0 Å². The number of nitrogens with one attached hydrogen (secondary N) is 2. The largest absolute Gasteiger partial charge is 0.506 e. The Kier molecular flexibility index (Phi) is 10.6. The van der Waals surface area contributed by atoms with Crippen molar-refractivity contribution in [3.05, 3.63) is 17.7 Å². The third-order valence-corrected chi connectivity index (χ3v) is 7.99. The van der Waals surface area contributed by atoms with Gasteiger partial charge in [0, 0.05) is 61.9 Å². The minimum Gasteiger partial charge on any atom is -0.506 e. The number of amides is 2. The summed E-state index contributed by atoms with van der Waals surface area (Å²) in [5, 5.41) is 16.1. The van der Waals surface area contributed by atoms with Crippen LogP contribution >= 0.6 is 0 Å². The number of nitrogens with two attached hydrogens (primary N) is 1. The van der Waals surface area contributed by atoms with E-state index in [9.17, 15) is 14.7 Å². The van der Waals surface area contributed by atoms with Gasteiger partial charge in [-0.05, 0) is 57.6 Å². The Morgan fingerprint density at radius 3 is 2.38 bits per heavy atom. The highest BCUT2D eigenvalue weighted by atomic mass is 32.2. The first-order valence-corrected chi connectivity index (χ1v) is 14.9. The summed E-state index contributed by atoms with van der Waals surface area (Å²) in [6.07, 6.45) is 3.92. The molecule has 0 radical (unpaired) electrons. The minimum absolute atomic E-state index is 0.106. The smallest absolute Gasteiger partial charge is 0.248 e. The molecule has 0 unspecified atom stereocenters. The second kappa shape index (κ2) is 13.3. The van der Waals surface area contributed by atoms with Gasteiger partial charge < -0.3 is 25.2 Å². The van der Waals surface area contributed by atoms with E-state index in [4.69, 9.17) is 5.90 Å². The molecular weight excluding hydrogens is 514 g/mol. The van der Waals surface area contributed by atoms with Crippen molar-refractivity contribution in [3.8, 4) is 5.75 Å². The molecule has 5 N–H and O–H groups in total. The molecular formula is C29H48N5O4S+. The van der Waals surface area contributed by atoms with Gasteiger partial charge in [0.05, 0.1) is 5.52 Å². The predicted octanol–water partition coefficient (Wildman–Crippen LogP) is 3.65. The molecule has 1 saturated heterocycles. The van der Waals surface area contributed by atoms with Crippen molar-refractivity contribution in [2.24, 2.45) is 11.3 Å². The predicted molar refractivity (Wildman–Crippen MR) is 160 cm³/mol. The third kappa shape index (κ3) is 9.05. The summed E-state index contributed by atoms with van der Waals surface area (Å²) in [5.74, 6) is 5.09. The monoisotopic (exact) mass is 562 g/mol. The summed E-state index contributed by atoms with van der Waals surface area (Å²) in [7, 11) is 0. The van der Waals surface area contributed by atoms with Crippen LogP contribution in [0.3, 0.4) is 0 Å². The molecule has 1 fully saturated rings. The first kappa shape index (κ1) is 31.1. The lowest BCUT2D eigenvalue weighted by molar-refractivity contribution is -0.131. The van der Waals surface area contributed by atoms with Crippen LogP contribution in [0.1, 0.15) is 72.8 Å². The molecule has 2 heterocycles. The second-order valence-electron chi connectivity index (χ2n) is 12.7. The van der Waals surface area contributed by atoms with E-state index in [1.807, 2.05) is 17.0 Å². The highest BCUT2D eigenvalue weighted by Crippen LogP contribution is 2.41. The molecule has 218 valence electrons. The molecule has 0 bridgehead atoms. The summed E-state index contributed by atoms with van der Waals surface area (Å²) in [6.45, 7) is 16.5. The van der Waals surface area contributed by atoms with E-state index in [0.29, 0.717) is 39.1 Å². The Bertz CT molecular complexity index is 1130. The van der Waals surface area contributed by atoms with Crippen LogP contribution in [0.5, 0.6) is 5.75 Å². The molecule has 1 aliphatic rings. The van der Waals surface area contributed by atoms with Gasteiger partial charge in [-0.15, -0.1) is 0 Å². The molecule has 1 aromatic carbocycles. The number of carbonyl (C=O) groups excluding carboxylic acids is 2. The fourth-order valence-electron chi connectivity index (χ4n) is 5.01. The number of rotatable bonds is 11. The highest BCUT2D eigenvalue weighted by molar-refractivity contribution is 7.80. The molecule has 1 aromatic heterocycles. The van der Waals surface area contributed by atoms with Crippen LogP contribution in [0.2, 0.25) is 0 Å². The first-order chi connectivity index (χ1) is 18.3. The van der Waals surface area contributed by atoms with E-state index in [-0.39, 0.29) is 34.3 Å². The summed E-state index contributed by atoms with van der Waals surface area (Å²) in [6, 6.07) is 3.86. The molecule has 10 heteroatoms. The summed E-state index contributed by atoms with van der Waals surface area (Å²) in [5.41, 5.74) is 3.30. The standard InChI is InChI=1S/C29H47N5O4S/c1-28(2,3)18-21-20-11-12-22(35)26(25(20)32-27(21)39-29(4,5)6)34-16-14-33(15-17-34)24(37)10-8-7-9-13-31-23(36)19-38-30/h11-12,32,35H,7-10,13-19,30H2,1-6H3,(H,31,36)/p+1. The average molecular weight is 563 g/mol. The number of thiol groups is 1. The number of phenolic OH excluding ortho intramolecular Hbond substituents is 1. The molecule has 39 heavy (non-hydrogen) atoms. The fourth-order valence-corrected chi connectivity index (χ4v) is 6.18. The average Bonchev–Trinajstić information content (AvgIpc) is 3.15. The molecule has 2 aromatic rings. The Labute approximate surface area is 237 Å². The number of hydrogen-bond acceptors (Lipinski definition) is 6. The number of aromatic amines is 1. The van der Waals surface area contributed by atoms with E-state index in [0.717, 1.165) is 36.9 Å². The lowest BCUT2D eigenvalue weighted by Gasteiger charge is -2.36. The molecule has 0 spiro atoms. The normalized spacial score (nSPS) is 14.7. The number of fused-ring (bicyclic) bond motifs is 1. The Balaban J connectivity index is 1.64. The van der Waals surface area contributed by atoms with Gasteiger partial charge >= 0.3 is 0 Å². The topological polar surface area (TPSA) is 124 Å². The number of nitrogens with zero attached hydrogens (tertiary/aromatic N) is 2. The Morgan fingerprint density at radius 2 is 1.77 bits per heavy atom. The van der Waals surface area contributed by atoms with E-state index in [2.05, 4.69) is 61.6 Å². The van der Waals surface area contributed by atoms with Gasteiger partial charge in [0.15, 0.2) is 0 Å². The van der Waals surface area contributed by atoms with Crippen LogP contribution in [0.15, 0.2) is 17.2 Å². The van der Waals surface area contributed by atoms with Crippen molar-refractivity contribution >= 4 is 40.2 Å². The van der Waals surface area contributed by atoms with Gasteiger partial charge in [-0.3, -0.25) is 14.4 Å². The lowest BCUT2D eigenvalue weighted by Crippen LogP contribution is -2.48. The summed E-state index contributed by atoms with van der Waals surface area (Å²) < 4.78 is 0.106. The molecule has 0 aliphatic carbocycles. The van der Waals surface area contributed by atoms with Gasteiger partial charge in [-0.2, -0.15) is 0 Å². The van der Waals surface area contributed by atoms with Crippen LogP contribution in [0.25, 0.3) is 10.9 Å². The van der Waals surface area contributed by atoms with Crippen LogP contribution < -0.4 is 16.1 Å². The zero-order valence-electron chi connectivity index (χ0n) is 24.5. The number of hydrogen-bond donors (Lipinski definition) is 4. The first-order valence-electron chi connectivity index (χ1n) is 14.0. The van der Waals surface area contributed by atoms with E-state index in [1.54, 1.807) is 0 Å². The van der Waals surface area contributed by atoms with E-state index >= 15 is 0 Å². The molecule has 2 amide bonds. The maximum atomic E-state index is 12.8. The number of aromatic hydroxyl groups is 1.